The lowest BCUT2D eigenvalue weighted by Gasteiger charge is -2.16. The van der Waals surface area contributed by atoms with Gasteiger partial charge in [-0.2, -0.15) is 9.97 Å². The molecule has 0 aliphatic carbocycles. The van der Waals surface area contributed by atoms with Gasteiger partial charge < -0.3 is 20.3 Å². The molecule has 0 fully saturated rings. The number of carbonyl (C=O) groups excluding carboxylic acids is 1. The molecular weight excluding hydrogens is 465 g/mol. The van der Waals surface area contributed by atoms with Gasteiger partial charge in [-0.15, -0.1) is 0 Å². The fourth-order valence-corrected chi connectivity index (χ4v) is 3.30. The van der Waals surface area contributed by atoms with Gasteiger partial charge in [0.2, 0.25) is 11.9 Å². The fourth-order valence-electron chi connectivity index (χ4n) is 3.30. The number of halogens is 1. The molecule has 2 heterocycles. The summed E-state index contributed by atoms with van der Waals surface area (Å²) in [5, 5.41) is 5.97. The van der Waals surface area contributed by atoms with Gasteiger partial charge in [-0.25, -0.2) is 9.37 Å². The number of benzene rings is 2. The summed E-state index contributed by atoms with van der Waals surface area (Å²) in [6.45, 7) is 4.61. The van der Waals surface area contributed by atoms with Crippen molar-refractivity contribution in [1.29, 1.82) is 0 Å². The zero-order chi connectivity index (χ0) is 25.7. The Bertz CT molecular complexity index is 1490. The molecule has 2 N–H and O–H groups in total. The summed E-state index contributed by atoms with van der Waals surface area (Å²) in [5.41, 5.74) is 1.19. The van der Waals surface area contributed by atoms with Crippen LogP contribution in [0.2, 0.25) is 0 Å². The first-order valence-electron chi connectivity index (χ1n) is 11.0. The number of nitrogens with zero attached hydrogens (tertiary/aromatic N) is 5. The molecule has 0 unspecified atom stereocenters. The summed E-state index contributed by atoms with van der Waals surface area (Å²) < 4.78 is 21.1. The van der Waals surface area contributed by atoms with E-state index in [2.05, 4.69) is 32.2 Å². The number of aromatic nitrogens is 4. The molecule has 0 atom stereocenters. The maximum Gasteiger partial charge on any atom is 0.283 e. The highest BCUT2D eigenvalue weighted by Gasteiger charge is 2.12. The lowest BCUT2D eigenvalue weighted by Crippen LogP contribution is -2.20. The summed E-state index contributed by atoms with van der Waals surface area (Å²) in [7, 11) is 3.87. The topological polar surface area (TPSA) is 114 Å². The number of carbonyl (C=O) groups is 1. The van der Waals surface area contributed by atoms with Crippen LogP contribution in [0, 0.1) is 5.82 Å². The Labute approximate surface area is 206 Å². The molecule has 0 radical (unpaired) electrons. The van der Waals surface area contributed by atoms with Crippen molar-refractivity contribution in [3.8, 4) is 11.4 Å². The molecule has 1 amide bonds. The van der Waals surface area contributed by atoms with Crippen molar-refractivity contribution in [2.45, 2.75) is 0 Å². The molecule has 0 saturated carbocycles. The number of rotatable bonds is 9. The van der Waals surface area contributed by atoms with Crippen LogP contribution in [0.4, 0.5) is 21.7 Å². The van der Waals surface area contributed by atoms with Crippen LogP contribution < -0.4 is 20.9 Å². The van der Waals surface area contributed by atoms with Gasteiger partial charge in [-0.3, -0.25) is 14.2 Å². The van der Waals surface area contributed by atoms with E-state index >= 15 is 0 Å². The molecule has 184 valence electrons. The van der Waals surface area contributed by atoms with Crippen LogP contribution in [-0.2, 0) is 4.79 Å². The molecule has 11 heteroatoms. The van der Waals surface area contributed by atoms with Crippen molar-refractivity contribution in [2.24, 2.45) is 0 Å². The third-order valence-electron chi connectivity index (χ3n) is 5.08. The van der Waals surface area contributed by atoms with Gasteiger partial charge in [0, 0.05) is 18.4 Å². The van der Waals surface area contributed by atoms with E-state index in [1.165, 1.54) is 29.2 Å². The van der Waals surface area contributed by atoms with Gasteiger partial charge in [-0.1, -0.05) is 12.6 Å². The summed E-state index contributed by atoms with van der Waals surface area (Å²) in [6.07, 6.45) is 3.81. The zero-order valence-electron chi connectivity index (χ0n) is 19.7. The molecular formula is C25H24FN7O3. The largest absolute Gasteiger partial charge is 0.490 e. The second-order valence-corrected chi connectivity index (χ2v) is 8.01. The van der Waals surface area contributed by atoms with Crippen LogP contribution in [-0.4, -0.2) is 57.6 Å². The van der Waals surface area contributed by atoms with Crippen molar-refractivity contribution in [3.05, 3.63) is 83.8 Å². The molecule has 36 heavy (non-hydrogen) atoms. The number of ether oxygens (including phenoxy) is 1. The number of hydrogen-bond donors (Lipinski definition) is 2. The smallest absolute Gasteiger partial charge is 0.283 e. The van der Waals surface area contributed by atoms with Gasteiger partial charge in [0.1, 0.15) is 29.9 Å². The minimum Gasteiger partial charge on any atom is -0.490 e. The fraction of sp³-hybridized carbons (Fsp3) is 0.160. The molecule has 0 saturated heterocycles. The minimum absolute atomic E-state index is 0.177. The highest BCUT2D eigenvalue weighted by molar-refractivity contribution is 6.00. The lowest BCUT2D eigenvalue weighted by atomic mass is 10.2. The van der Waals surface area contributed by atoms with Crippen LogP contribution in [0.25, 0.3) is 16.7 Å². The number of nitrogens with one attached hydrogen (secondary N) is 2. The summed E-state index contributed by atoms with van der Waals surface area (Å²) in [6, 6.07) is 11.0. The Morgan fingerprint density at radius 2 is 2.06 bits per heavy atom. The maximum absolute atomic E-state index is 13.8. The normalized spacial score (nSPS) is 10.9. The summed E-state index contributed by atoms with van der Waals surface area (Å²) in [5.74, 6) is -0.157. The van der Waals surface area contributed by atoms with Gasteiger partial charge in [0.05, 0.1) is 11.4 Å². The average molecular weight is 490 g/mol. The van der Waals surface area contributed by atoms with E-state index in [-0.39, 0.29) is 17.0 Å². The van der Waals surface area contributed by atoms with Gasteiger partial charge >= 0.3 is 0 Å². The number of fused-ring (bicyclic) bond motifs is 1. The molecule has 4 rings (SSSR count). The van der Waals surface area contributed by atoms with Crippen molar-refractivity contribution in [2.75, 3.05) is 37.9 Å². The number of amides is 1. The van der Waals surface area contributed by atoms with E-state index in [9.17, 15) is 14.0 Å². The standard InChI is InChI=1S/C25H24FN7O3/c1-4-22(34)30-20-13-17(8-9-21(20)36-11-10-32(2)3)29-25-27-14-19-23(31-25)33(15-28-24(19)35)18-7-5-6-16(26)12-18/h4-9,12-15H,1,10-11H2,2-3H3,(H,30,34)(H,27,29,31). The summed E-state index contributed by atoms with van der Waals surface area (Å²) >= 11 is 0. The minimum atomic E-state index is -0.502. The first kappa shape index (κ1) is 24.5. The Hall–Kier alpha value is -4.64. The highest BCUT2D eigenvalue weighted by Crippen LogP contribution is 2.29. The van der Waals surface area contributed by atoms with Gasteiger partial charge in [-0.05, 0) is 56.6 Å². The Balaban J connectivity index is 1.68. The molecule has 0 bridgehead atoms. The summed E-state index contributed by atoms with van der Waals surface area (Å²) in [4.78, 5) is 38.7. The number of hydrogen-bond acceptors (Lipinski definition) is 8. The van der Waals surface area contributed by atoms with E-state index in [4.69, 9.17) is 4.74 Å². The second kappa shape index (κ2) is 10.7. The molecule has 0 aliphatic rings. The van der Waals surface area contributed by atoms with Crippen molar-refractivity contribution < 1.29 is 13.9 Å². The Morgan fingerprint density at radius 1 is 1.22 bits per heavy atom. The maximum atomic E-state index is 13.8. The first-order valence-corrected chi connectivity index (χ1v) is 11.0. The van der Waals surface area contributed by atoms with E-state index in [1.54, 1.807) is 30.3 Å². The zero-order valence-corrected chi connectivity index (χ0v) is 19.7. The molecule has 0 spiro atoms. The Morgan fingerprint density at radius 3 is 2.81 bits per heavy atom. The van der Waals surface area contributed by atoms with Gasteiger partial charge in [0.25, 0.3) is 5.56 Å². The van der Waals surface area contributed by atoms with E-state index in [0.29, 0.717) is 36.0 Å². The lowest BCUT2D eigenvalue weighted by molar-refractivity contribution is -0.111. The van der Waals surface area contributed by atoms with Crippen molar-refractivity contribution >= 4 is 34.3 Å². The van der Waals surface area contributed by atoms with Crippen LogP contribution in [0.1, 0.15) is 0 Å². The quantitative estimate of drug-likeness (QED) is 0.345. The van der Waals surface area contributed by atoms with Crippen LogP contribution in [0.5, 0.6) is 5.75 Å². The average Bonchev–Trinajstić information content (AvgIpc) is 2.85. The third-order valence-corrected chi connectivity index (χ3v) is 5.08. The van der Waals surface area contributed by atoms with E-state index in [0.717, 1.165) is 6.08 Å². The van der Waals surface area contributed by atoms with Crippen molar-refractivity contribution in [3.63, 3.8) is 0 Å². The number of anilines is 3. The van der Waals surface area contributed by atoms with Crippen LogP contribution in [0.15, 0.2) is 72.4 Å². The monoisotopic (exact) mass is 489 g/mol. The molecule has 10 nitrogen and oxygen atoms in total. The van der Waals surface area contributed by atoms with Crippen LogP contribution >= 0.6 is 0 Å². The SMILES string of the molecule is C=CC(=O)Nc1cc(Nc2ncc3c(=O)ncn(-c4cccc(F)c4)c3n2)ccc1OCCN(C)C. The molecule has 4 aromatic rings. The molecule has 2 aromatic carbocycles. The third kappa shape index (κ3) is 5.70. The second-order valence-electron chi connectivity index (χ2n) is 8.01. The van der Waals surface area contributed by atoms with E-state index < -0.39 is 17.3 Å². The number of likely N-dealkylation sites (N-methyl/N-ethyl adjacent to an activating group) is 1. The highest BCUT2D eigenvalue weighted by atomic mass is 19.1. The van der Waals surface area contributed by atoms with Crippen molar-refractivity contribution in [1.82, 2.24) is 24.4 Å². The molecule has 0 aliphatic heterocycles. The van der Waals surface area contributed by atoms with Gasteiger partial charge in [0.15, 0.2) is 5.65 Å². The van der Waals surface area contributed by atoms with Crippen LogP contribution in [0.3, 0.4) is 0 Å². The van der Waals surface area contributed by atoms with E-state index in [1.807, 2.05) is 19.0 Å². The predicted molar refractivity (Wildman–Crippen MR) is 135 cm³/mol. The Kier molecular flexibility index (Phi) is 7.31. The first-order chi connectivity index (χ1) is 17.3. The predicted octanol–water partition coefficient (Wildman–Crippen LogP) is 3.12. The molecule has 2 aromatic heterocycles.